The van der Waals surface area contributed by atoms with E-state index in [2.05, 4.69) is 20.7 Å². The minimum absolute atomic E-state index is 0.0748. The smallest absolute Gasteiger partial charge is 0.386 e. The molecule has 9 heteroatoms. The van der Waals surface area contributed by atoms with E-state index >= 15 is 0 Å². The molecular formula is C20H26F3N5O. The summed E-state index contributed by atoms with van der Waals surface area (Å²) in [7, 11) is 0. The number of nitrogens with one attached hydrogen (secondary N) is 3. The van der Waals surface area contributed by atoms with Gasteiger partial charge in [0.25, 0.3) is 0 Å². The molecule has 1 aromatic rings. The molecule has 1 aliphatic carbocycles. The van der Waals surface area contributed by atoms with Gasteiger partial charge in [-0.15, -0.1) is 4.91 Å². The van der Waals surface area contributed by atoms with E-state index in [9.17, 15) is 18.1 Å². The third-order valence-corrected chi connectivity index (χ3v) is 5.54. The van der Waals surface area contributed by atoms with Gasteiger partial charge >= 0.3 is 6.18 Å². The molecule has 1 heterocycles. The van der Waals surface area contributed by atoms with Crippen molar-refractivity contribution in [3.8, 4) is 0 Å². The van der Waals surface area contributed by atoms with E-state index in [1.54, 1.807) is 0 Å². The Balaban J connectivity index is 1.48. The number of benzene rings is 1. The Kier molecular flexibility index (Phi) is 6.89. The molecule has 1 aliphatic heterocycles. The summed E-state index contributed by atoms with van der Waals surface area (Å²) >= 11 is 0. The zero-order chi connectivity index (χ0) is 20.9. The van der Waals surface area contributed by atoms with Gasteiger partial charge in [0.1, 0.15) is 0 Å². The van der Waals surface area contributed by atoms with E-state index in [0.717, 1.165) is 25.7 Å². The molecule has 0 unspecified atom stereocenters. The fourth-order valence-electron chi connectivity index (χ4n) is 3.80. The molecule has 0 amide bonds. The zero-order valence-corrected chi connectivity index (χ0v) is 16.1. The minimum atomic E-state index is -4.26. The Morgan fingerprint density at radius 2 is 1.83 bits per heavy atom. The Hall–Kier alpha value is -2.42. The van der Waals surface area contributed by atoms with Crippen LogP contribution in [0.4, 0.5) is 18.9 Å². The molecule has 1 aromatic carbocycles. The summed E-state index contributed by atoms with van der Waals surface area (Å²) in [4.78, 5) is 13.7. The lowest BCUT2D eigenvalue weighted by Crippen LogP contribution is -2.48. The number of rotatable bonds is 7. The SMILES string of the molecule is N=C(Nc1ccc(CC(F)(F)F)cc1)/C(=C\NC1CCC(N2CCC2)CC1)N=O. The normalized spacial score (nSPS) is 23.2. The molecule has 0 atom stereocenters. The molecule has 0 radical (unpaired) electrons. The van der Waals surface area contributed by atoms with Crippen molar-refractivity contribution in [2.45, 2.75) is 56.8 Å². The molecule has 0 bridgehead atoms. The van der Waals surface area contributed by atoms with E-state index < -0.39 is 12.6 Å². The highest BCUT2D eigenvalue weighted by Gasteiger charge is 2.29. The highest BCUT2D eigenvalue weighted by Crippen LogP contribution is 2.26. The van der Waals surface area contributed by atoms with Crippen LogP contribution in [-0.2, 0) is 6.42 Å². The predicted molar refractivity (Wildman–Crippen MR) is 107 cm³/mol. The molecule has 1 saturated heterocycles. The van der Waals surface area contributed by atoms with Gasteiger partial charge in [-0.05, 0) is 68.1 Å². The fourth-order valence-corrected chi connectivity index (χ4v) is 3.80. The van der Waals surface area contributed by atoms with Crippen LogP contribution < -0.4 is 10.6 Å². The van der Waals surface area contributed by atoms with Crippen molar-refractivity contribution >= 4 is 11.5 Å². The maximum atomic E-state index is 12.4. The summed E-state index contributed by atoms with van der Waals surface area (Å²) in [5, 5.41) is 16.8. The zero-order valence-electron chi connectivity index (χ0n) is 16.1. The van der Waals surface area contributed by atoms with Crippen LogP contribution in [0, 0.1) is 10.3 Å². The number of amidine groups is 1. The molecule has 0 spiro atoms. The fraction of sp³-hybridized carbons (Fsp3) is 0.550. The highest BCUT2D eigenvalue weighted by molar-refractivity contribution is 6.05. The number of hydrogen-bond acceptors (Lipinski definition) is 5. The molecule has 2 aliphatic rings. The van der Waals surface area contributed by atoms with Gasteiger partial charge in [0.2, 0.25) is 0 Å². The summed E-state index contributed by atoms with van der Waals surface area (Å²) in [6.45, 7) is 2.39. The van der Waals surface area contributed by atoms with E-state index in [0.29, 0.717) is 11.7 Å². The highest BCUT2D eigenvalue weighted by atomic mass is 19.4. The van der Waals surface area contributed by atoms with E-state index in [4.69, 9.17) is 5.41 Å². The van der Waals surface area contributed by atoms with Crippen LogP contribution in [0.5, 0.6) is 0 Å². The molecule has 6 nitrogen and oxygen atoms in total. The summed E-state index contributed by atoms with van der Waals surface area (Å²) in [6, 6.07) is 6.49. The molecule has 0 aromatic heterocycles. The molecule has 3 N–H and O–H groups in total. The summed E-state index contributed by atoms with van der Waals surface area (Å²) in [5.74, 6) is -0.203. The predicted octanol–water partition coefficient (Wildman–Crippen LogP) is 4.39. The molecule has 1 saturated carbocycles. The standard InChI is InChI=1S/C20H26F3N5O/c21-20(22,23)12-14-2-4-16(5-3-14)26-19(24)18(27-29)13-25-15-6-8-17(9-7-15)28-10-1-11-28/h2-5,13,15,17,25H,1,6-12H2,(H2,24,26)/b18-13+. The van der Waals surface area contributed by atoms with Gasteiger partial charge in [-0.25, -0.2) is 0 Å². The molecular weight excluding hydrogens is 383 g/mol. The van der Waals surface area contributed by atoms with Crippen molar-refractivity contribution in [2.75, 3.05) is 18.4 Å². The van der Waals surface area contributed by atoms with Gasteiger partial charge in [-0.2, -0.15) is 13.2 Å². The molecule has 158 valence electrons. The topological polar surface area (TPSA) is 80.6 Å². The number of alkyl halides is 3. The van der Waals surface area contributed by atoms with Crippen molar-refractivity contribution in [2.24, 2.45) is 5.18 Å². The lowest BCUT2D eigenvalue weighted by Gasteiger charge is -2.42. The number of likely N-dealkylation sites (tertiary alicyclic amines) is 1. The van der Waals surface area contributed by atoms with Crippen LogP contribution in [0.1, 0.15) is 37.7 Å². The van der Waals surface area contributed by atoms with Crippen LogP contribution in [0.2, 0.25) is 0 Å². The first kappa shape index (κ1) is 21.3. The van der Waals surface area contributed by atoms with Crippen LogP contribution in [-0.4, -0.2) is 42.1 Å². The van der Waals surface area contributed by atoms with Crippen LogP contribution >= 0.6 is 0 Å². The van der Waals surface area contributed by atoms with Gasteiger partial charge in [0, 0.05) is 24.0 Å². The molecule has 2 fully saturated rings. The number of nitroso groups, excluding NO2 is 1. The van der Waals surface area contributed by atoms with E-state index in [-0.39, 0.29) is 23.1 Å². The third kappa shape index (κ3) is 6.28. The van der Waals surface area contributed by atoms with Crippen LogP contribution in [0.3, 0.4) is 0 Å². The maximum absolute atomic E-state index is 12.4. The second kappa shape index (κ2) is 9.39. The van der Waals surface area contributed by atoms with Gasteiger partial charge in [0.15, 0.2) is 11.5 Å². The summed E-state index contributed by atoms with van der Waals surface area (Å²) in [5.41, 5.74) is 0.481. The second-order valence-corrected chi connectivity index (χ2v) is 7.67. The third-order valence-electron chi connectivity index (χ3n) is 5.54. The van der Waals surface area contributed by atoms with Crippen molar-refractivity contribution in [1.82, 2.24) is 10.2 Å². The minimum Gasteiger partial charge on any atom is -0.386 e. The quantitative estimate of drug-likeness (QED) is 0.354. The van der Waals surface area contributed by atoms with Gasteiger partial charge in [-0.3, -0.25) is 5.41 Å². The van der Waals surface area contributed by atoms with Crippen molar-refractivity contribution in [1.29, 1.82) is 5.41 Å². The number of anilines is 1. The first-order valence-electron chi connectivity index (χ1n) is 9.89. The molecule has 29 heavy (non-hydrogen) atoms. The second-order valence-electron chi connectivity index (χ2n) is 7.67. The lowest BCUT2D eigenvalue weighted by atomic mass is 9.89. The van der Waals surface area contributed by atoms with Crippen molar-refractivity contribution in [3.05, 3.63) is 46.6 Å². The van der Waals surface area contributed by atoms with Crippen LogP contribution in [0.25, 0.3) is 0 Å². The summed E-state index contributed by atoms with van der Waals surface area (Å²) < 4.78 is 37.2. The Bertz CT molecular complexity index is 735. The maximum Gasteiger partial charge on any atom is 0.393 e. The largest absolute Gasteiger partial charge is 0.393 e. The average molecular weight is 409 g/mol. The molecule has 3 rings (SSSR count). The number of halogens is 3. The van der Waals surface area contributed by atoms with Gasteiger partial charge in [-0.1, -0.05) is 12.1 Å². The van der Waals surface area contributed by atoms with Crippen LogP contribution in [0.15, 0.2) is 41.3 Å². The van der Waals surface area contributed by atoms with Gasteiger partial charge < -0.3 is 15.5 Å². The monoisotopic (exact) mass is 409 g/mol. The van der Waals surface area contributed by atoms with Gasteiger partial charge in [0.05, 0.1) is 6.42 Å². The summed E-state index contributed by atoms with van der Waals surface area (Å²) in [6.07, 6.45) is 1.72. The Morgan fingerprint density at radius 3 is 2.34 bits per heavy atom. The first-order chi connectivity index (χ1) is 13.8. The van der Waals surface area contributed by atoms with Crippen molar-refractivity contribution in [3.63, 3.8) is 0 Å². The Labute approximate surface area is 168 Å². The first-order valence-corrected chi connectivity index (χ1v) is 9.89. The number of hydrogen-bond donors (Lipinski definition) is 3. The lowest BCUT2D eigenvalue weighted by molar-refractivity contribution is -0.127. The van der Waals surface area contributed by atoms with E-state index in [1.807, 2.05) is 0 Å². The Morgan fingerprint density at radius 1 is 1.17 bits per heavy atom. The van der Waals surface area contributed by atoms with E-state index in [1.165, 1.54) is 50.0 Å². The average Bonchev–Trinajstić information content (AvgIpc) is 2.62. The number of nitrogens with zero attached hydrogens (tertiary/aromatic N) is 2. The van der Waals surface area contributed by atoms with Crippen molar-refractivity contribution < 1.29 is 13.2 Å².